The summed E-state index contributed by atoms with van der Waals surface area (Å²) in [7, 11) is -3.37. The second-order valence-electron chi connectivity index (χ2n) is 4.44. The molecule has 10 heteroatoms. The Kier molecular flexibility index (Phi) is 5.35. The topological polar surface area (TPSA) is 114 Å². The lowest BCUT2D eigenvalue weighted by Crippen LogP contribution is -2.33. The van der Waals surface area contributed by atoms with E-state index in [0.29, 0.717) is 11.1 Å². The third-order valence-electron chi connectivity index (χ3n) is 2.46. The molecule has 0 saturated heterocycles. The van der Waals surface area contributed by atoms with Gasteiger partial charge in [0.15, 0.2) is 5.58 Å². The van der Waals surface area contributed by atoms with Crippen molar-refractivity contribution in [3.63, 3.8) is 0 Å². The fraction of sp³-hybridized carbons (Fsp3) is 0.333. The lowest BCUT2D eigenvalue weighted by atomic mass is 10.3. The molecule has 0 aliphatic carbocycles. The molecule has 0 aliphatic heterocycles. The molecule has 0 amide bonds. The van der Waals surface area contributed by atoms with E-state index in [1.165, 1.54) is 0 Å². The average Bonchev–Trinajstić information content (AvgIpc) is 2.88. The predicted octanol–water partition coefficient (Wildman–Crippen LogP) is 0.655. The monoisotopic (exact) mass is 347 g/mol. The number of nitrogens with one attached hydrogen (secondary N) is 1. The number of aromatic nitrogens is 1. The normalized spacial score (nSPS) is 14.2. The number of nitrogens with zero attached hydrogens (tertiary/aromatic N) is 2. The molecule has 120 valence electrons. The maximum Gasteiger partial charge on any atom is 0.261 e. The third kappa shape index (κ3) is 4.95. The average molecular weight is 348 g/mol. The number of halogens is 1. The molecule has 0 spiro atoms. The zero-order chi connectivity index (χ0) is 16.2. The number of oxime groups is 1. The van der Waals surface area contributed by atoms with E-state index in [1.807, 2.05) is 0 Å². The van der Waals surface area contributed by atoms with Crippen molar-refractivity contribution < 1.29 is 22.8 Å². The van der Waals surface area contributed by atoms with Gasteiger partial charge in [0.1, 0.15) is 18.2 Å². The van der Waals surface area contributed by atoms with Crippen LogP contribution in [-0.4, -0.2) is 49.2 Å². The summed E-state index contributed by atoms with van der Waals surface area (Å²) in [6.45, 7) is -0.423. The van der Waals surface area contributed by atoms with Crippen LogP contribution in [0.5, 0.6) is 0 Å². The van der Waals surface area contributed by atoms with Crippen LogP contribution >= 0.6 is 11.6 Å². The fourth-order valence-corrected chi connectivity index (χ4v) is 2.11. The summed E-state index contributed by atoms with van der Waals surface area (Å²) >= 11 is 5.89. The van der Waals surface area contributed by atoms with Gasteiger partial charge in [0.2, 0.25) is 15.2 Å². The molecule has 0 saturated carbocycles. The van der Waals surface area contributed by atoms with Crippen LogP contribution in [0.3, 0.4) is 0 Å². The van der Waals surface area contributed by atoms with Crippen LogP contribution in [0.2, 0.25) is 0 Å². The van der Waals surface area contributed by atoms with E-state index in [0.717, 1.165) is 6.26 Å². The van der Waals surface area contributed by atoms with Crippen molar-refractivity contribution in [3.8, 4) is 0 Å². The van der Waals surface area contributed by atoms with Crippen molar-refractivity contribution >= 4 is 37.9 Å². The van der Waals surface area contributed by atoms with E-state index >= 15 is 0 Å². The van der Waals surface area contributed by atoms with Crippen LogP contribution in [0.25, 0.3) is 11.1 Å². The van der Waals surface area contributed by atoms with Gasteiger partial charge in [0.05, 0.1) is 6.26 Å². The van der Waals surface area contributed by atoms with Crippen molar-refractivity contribution in [3.05, 3.63) is 30.2 Å². The number of hydrogen-bond acceptors (Lipinski definition) is 7. The molecule has 2 rings (SSSR count). The molecule has 8 nitrogen and oxygen atoms in total. The van der Waals surface area contributed by atoms with Crippen LogP contribution in [0.1, 0.15) is 5.89 Å². The van der Waals surface area contributed by atoms with E-state index in [9.17, 15) is 13.5 Å². The van der Waals surface area contributed by atoms with Gasteiger partial charge in [0, 0.05) is 6.54 Å². The van der Waals surface area contributed by atoms with E-state index < -0.39 is 16.1 Å². The Hall–Kier alpha value is -1.68. The van der Waals surface area contributed by atoms with Crippen molar-refractivity contribution in [2.75, 3.05) is 19.4 Å². The molecule has 1 unspecified atom stereocenters. The molecule has 2 N–H and O–H groups in total. The van der Waals surface area contributed by atoms with E-state index in [4.69, 9.17) is 20.9 Å². The molecular weight excluding hydrogens is 334 g/mol. The first kappa shape index (κ1) is 16.7. The molecule has 0 aliphatic rings. The number of hydrogen-bond donors (Lipinski definition) is 2. The molecule has 22 heavy (non-hydrogen) atoms. The van der Waals surface area contributed by atoms with Crippen molar-refractivity contribution in [2.24, 2.45) is 5.16 Å². The predicted molar refractivity (Wildman–Crippen MR) is 81.2 cm³/mol. The zero-order valence-electron chi connectivity index (χ0n) is 11.6. The number of para-hydroxylation sites is 2. The van der Waals surface area contributed by atoms with Gasteiger partial charge in [-0.3, -0.25) is 0 Å². The number of aliphatic hydroxyl groups excluding tert-OH is 1. The van der Waals surface area contributed by atoms with Gasteiger partial charge in [-0.15, -0.1) is 0 Å². The van der Waals surface area contributed by atoms with Crippen LogP contribution < -0.4 is 4.72 Å². The zero-order valence-corrected chi connectivity index (χ0v) is 13.1. The highest BCUT2D eigenvalue weighted by Crippen LogP contribution is 2.16. The highest BCUT2D eigenvalue weighted by molar-refractivity contribution is 7.88. The van der Waals surface area contributed by atoms with Gasteiger partial charge in [-0.1, -0.05) is 28.9 Å². The maximum absolute atomic E-state index is 10.9. The van der Waals surface area contributed by atoms with Crippen molar-refractivity contribution in [1.29, 1.82) is 0 Å². The quantitative estimate of drug-likeness (QED) is 0.561. The first-order valence-corrected chi connectivity index (χ1v) is 8.46. The first-order valence-electron chi connectivity index (χ1n) is 6.19. The van der Waals surface area contributed by atoms with Gasteiger partial charge >= 0.3 is 0 Å². The number of oxazole rings is 1. The van der Waals surface area contributed by atoms with Crippen molar-refractivity contribution in [2.45, 2.75) is 6.10 Å². The molecule has 1 aromatic carbocycles. The summed E-state index contributed by atoms with van der Waals surface area (Å²) in [6.07, 6.45) is -0.0744. The molecule has 1 heterocycles. The highest BCUT2D eigenvalue weighted by atomic mass is 35.5. The van der Waals surface area contributed by atoms with Gasteiger partial charge in [0.25, 0.3) is 5.89 Å². The van der Waals surface area contributed by atoms with Gasteiger partial charge < -0.3 is 14.4 Å². The Morgan fingerprint density at radius 3 is 2.95 bits per heavy atom. The summed E-state index contributed by atoms with van der Waals surface area (Å²) in [5.41, 5.74) is 1.19. The summed E-state index contributed by atoms with van der Waals surface area (Å²) in [5, 5.41) is 13.0. The van der Waals surface area contributed by atoms with E-state index in [2.05, 4.69) is 14.9 Å². The summed E-state index contributed by atoms with van der Waals surface area (Å²) in [6, 6.07) is 7.09. The lowest BCUT2D eigenvalue weighted by Gasteiger charge is -2.08. The molecular formula is C12H14ClN3O5S. The maximum atomic E-state index is 10.9. The van der Waals surface area contributed by atoms with Crippen LogP contribution in [0.4, 0.5) is 0 Å². The van der Waals surface area contributed by atoms with Crippen molar-refractivity contribution in [1.82, 2.24) is 9.71 Å². The molecule has 1 atom stereocenters. The van der Waals surface area contributed by atoms with Gasteiger partial charge in [-0.05, 0) is 12.1 Å². The van der Waals surface area contributed by atoms with Gasteiger partial charge in [-0.25, -0.2) is 18.1 Å². The second-order valence-corrected chi connectivity index (χ2v) is 6.63. The van der Waals surface area contributed by atoms with E-state index in [1.54, 1.807) is 24.3 Å². The number of benzene rings is 1. The largest absolute Gasteiger partial charge is 0.434 e. The molecule has 0 fully saturated rings. The molecule has 0 bridgehead atoms. The summed E-state index contributed by atoms with van der Waals surface area (Å²) in [5.74, 6) is 0.0895. The molecule has 1 aromatic heterocycles. The standard InChI is InChI=1S/C12H14ClN3O5S/c1-22(18,19)14-6-8(17)7-20-16-11(13)12-15-9-4-2-3-5-10(9)21-12/h2-5,8,14,17H,6-7H2,1H3/b16-11-. The fourth-order valence-electron chi connectivity index (χ4n) is 1.49. The number of aliphatic hydroxyl groups is 1. The minimum atomic E-state index is -3.37. The number of fused-ring (bicyclic) bond motifs is 1. The summed E-state index contributed by atoms with van der Waals surface area (Å²) in [4.78, 5) is 8.96. The first-order chi connectivity index (χ1) is 10.3. The van der Waals surface area contributed by atoms with E-state index in [-0.39, 0.29) is 24.2 Å². The summed E-state index contributed by atoms with van der Waals surface area (Å²) < 4.78 is 29.2. The smallest absolute Gasteiger partial charge is 0.261 e. The Morgan fingerprint density at radius 1 is 1.55 bits per heavy atom. The van der Waals surface area contributed by atoms with Crippen LogP contribution in [0.15, 0.2) is 33.8 Å². The lowest BCUT2D eigenvalue weighted by molar-refractivity contribution is 0.0433. The molecule has 0 radical (unpaired) electrons. The van der Waals surface area contributed by atoms with Gasteiger partial charge in [-0.2, -0.15) is 0 Å². The Bertz CT molecular complexity index is 741. The minimum absolute atomic E-state index is 0.0895. The van der Waals surface area contributed by atoms with Crippen LogP contribution in [-0.2, 0) is 14.9 Å². The third-order valence-corrected chi connectivity index (χ3v) is 3.38. The Morgan fingerprint density at radius 2 is 2.27 bits per heavy atom. The highest BCUT2D eigenvalue weighted by Gasteiger charge is 2.12. The minimum Gasteiger partial charge on any atom is -0.434 e. The Labute approximate surface area is 131 Å². The molecule has 2 aromatic rings. The Balaban J connectivity index is 1.89. The second kappa shape index (κ2) is 7.05. The SMILES string of the molecule is CS(=O)(=O)NCC(O)CO/N=C(\Cl)c1nc2ccccc2o1. The number of rotatable bonds is 7. The van der Waals surface area contributed by atoms with Crippen LogP contribution in [0, 0.1) is 0 Å². The number of sulfonamides is 1.